The molecule has 1 heterocycles. The molecule has 0 bridgehead atoms. The summed E-state index contributed by atoms with van der Waals surface area (Å²) < 4.78 is 1.49. The number of nitrogens with one attached hydrogen (secondary N) is 1. The molecule has 1 atom stereocenters. The van der Waals surface area contributed by atoms with E-state index in [0.717, 1.165) is 5.56 Å². The summed E-state index contributed by atoms with van der Waals surface area (Å²) in [5.74, 6) is -0.0433. The highest BCUT2D eigenvalue weighted by Gasteiger charge is 2.16. The second-order valence-electron chi connectivity index (χ2n) is 7.20. The number of carbonyl (C=O) groups is 1. The quantitative estimate of drug-likeness (QED) is 0.358. The highest BCUT2D eigenvalue weighted by Crippen LogP contribution is 2.22. The van der Waals surface area contributed by atoms with Gasteiger partial charge in [0.05, 0.1) is 40.0 Å². The number of para-hydroxylation sites is 1. The van der Waals surface area contributed by atoms with Crippen LogP contribution >= 0.6 is 11.8 Å². The van der Waals surface area contributed by atoms with E-state index in [1.54, 1.807) is 42.5 Å². The van der Waals surface area contributed by atoms with Crippen molar-refractivity contribution < 1.29 is 4.79 Å². The van der Waals surface area contributed by atoms with Crippen LogP contribution in [0, 0.1) is 11.3 Å². The van der Waals surface area contributed by atoms with Gasteiger partial charge in [-0.05, 0) is 48.9 Å². The maximum absolute atomic E-state index is 13.3. The summed E-state index contributed by atoms with van der Waals surface area (Å²) in [6, 6.07) is 25.5. The van der Waals surface area contributed by atoms with E-state index >= 15 is 0 Å². The fourth-order valence-corrected chi connectivity index (χ4v) is 4.18. The van der Waals surface area contributed by atoms with Gasteiger partial charge in [0.2, 0.25) is 5.91 Å². The van der Waals surface area contributed by atoms with Gasteiger partial charge in [0.25, 0.3) is 5.56 Å². The van der Waals surface area contributed by atoms with E-state index in [1.807, 2.05) is 43.3 Å². The number of hydrogen-bond donors (Lipinski definition) is 1. The van der Waals surface area contributed by atoms with Gasteiger partial charge in [-0.2, -0.15) is 5.26 Å². The van der Waals surface area contributed by atoms with Crippen LogP contribution in [0.4, 0.5) is 0 Å². The Morgan fingerprint density at radius 3 is 2.47 bits per heavy atom. The summed E-state index contributed by atoms with van der Waals surface area (Å²) in [6.07, 6.45) is 0. The molecule has 0 aliphatic carbocycles. The maximum Gasteiger partial charge on any atom is 0.266 e. The number of aromatic nitrogens is 2. The average Bonchev–Trinajstić information content (AvgIpc) is 2.83. The Balaban J connectivity index is 1.63. The third kappa shape index (κ3) is 4.56. The van der Waals surface area contributed by atoms with Crippen molar-refractivity contribution >= 4 is 28.6 Å². The Labute approximate surface area is 189 Å². The molecule has 4 rings (SSSR count). The summed E-state index contributed by atoms with van der Waals surface area (Å²) >= 11 is 1.20. The minimum Gasteiger partial charge on any atom is -0.349 e. The number of thioether (sulfide) groups is 1. The molecular weight excluding hydrogens is 420 g/mol. The van der Waals surface area contributed by atoms with E-state index in [9.17, 15) is 9.59 Å². The van der Waals surface area contributed by atoms with E-state index in [4.69, 9.17) is 5.26 Å². The maximum atomic E-state index is 13.3. The Hall–Kier alpha value is -3.89. The molecule has 0 fully saturated rings. The summed E-state index contributed by atoms with van der Waals surface area (Å²) in [5, 5.41) is 13.0. The largest absolute Gasteiger partial charge is 0.349 e. The number of nitrogens with zero attached hydrogens (tertiary/aromatic N) is 3. The zero-order valence-electron chi connectivity index (χ0n) is 17.4. The van der Waals surface area contributed by atoms with Crippen molar-refractivity contribution in [3.63, 3.8) is 0 Å². The number of nitriles is 1. The van der Waals surface area contributed by atoms with Gasteiger partial charge in [0.1, 0.15) is 0 Å². The number of hydrogen-bond acceptors (Lipinski definition) is 5. The van der Waals surface area contributed by atoms with Crippen LogP contribution in [0.2, 0.25) is 0 Å². The minimum absolute atomic E-state index is 0.109. The van der Waals surface area contributed by atoms with Crippen LogP contribution < -0.4 is 10.9 Å². The Kier molecular flexibility index (Phi) is 6.34. The van der Waals surface area contributed by atoms with Gasteiger partial charge in [-0.1, -0.05) is 54.2 Å². The normalized spacial score (nSPS) is 11.6. The lowest BCUT2D eigenvalue weighted by atomic mass is 10.1. The predicted molar refractivity (Wildman–Crippen MR) is 126 cm³/mol. The molecule has 1 aromatic heterocycles. The molecule has 0 aliphatic rings. The van der Waals surface area contributed by atoms with E-state index in [1.165, 1.54) is 16.3 Å². The lowest BCUT2D eigenvalue weighted by Gasteiger charge is -2.15. The van der Waals surface area contributed by atoms with Crippen LogP contribution in [0.1, 0.15) is 24.1 Å². The molecule has 1 unspecified atom stereocenters. The van der Waals surface area contributed by atoms with E-state index in [-0.39, 0.29) is 23.3 Å². The second kappa shape index (κ2) is 9.50. The third-order valence-corrected chi connectivity index (χ3v) is 5.95. The van der Waals surface area contributed by atoms with Crippen molar-refractivity contribution in [2.75, 3.05) is 5.75 Å². The molecule has 0 spiro atoms. The number of benzene rings is 3. The molecule has 0 aliphatic heterocycles. The SMILES string of the molecule is CC(NC(=O)CSc1nc2ccccc2c(=O)n1-c1ccc(C#N)cc1)c1ccccc1. The van der Waals surface area contributed by atoms with Crippen molar-refractivity contribution in [2.24, 2.45) is 0 Å². The lowest BCUT2D eigenvalue weighted by Crippen LogP contribution is -2.29. The summed E-state index contributed by atoms with van der Waals surface area (Å²) in [7, 11) is 0. The number of carbonyl (C=O) groups excluding carboxylic acids is 1. The number of rotatable bonds is 6. The van der Waals surface area contributed by atoms with Gasteiger partial charge < -0.3 is 5.32 Å². The number of amides is 1. The second-order valence-corrected chi connectivity index (χ2v) is 8.14. The molecule has 6 nitrogen and oxygen atoms in total. The summed E-state index contributed by atoms with van der Waals surface area (Å²) in [5.41, 5.74) is 2.46. The monoisotopic (exact) mass is 440 g/mol. The van der Waals surface area contributed by atoms with Crippen molar-refractivity contribution in [1.82, 2.24) is 14.9 Å². The average molecular weight is 441 g/mol. The molecule has 3 aromatic carbocycles. The Bertz CT molecular complexity index is 1360. The first-order valence-corrected chi connectivity index (χ1v) is 11.0. The standard InChI is InChI=1S/C25H20N4O2S/c1-17(19-7-3-2-4-8-19)27-23(30)16-32-25-28-22-10-6-5-9-21(22)24(31)29(25)20-13-11-18(15-26)12-14-20/h2-14,17H,16H2,1H3,(H,27,30). The molecule has 4 aromatic rings. The minimum atomic E-state index is -0.221. The van der Waals surface area contributed by atoms with Gasteiger partial charge in [-0.25, -0.2) is 4.98 Å². The molecule has 158 valence electrons. The molecule has 32 heavy (non-hydrogen) atoms. The molecule has 1 N–H and O–H groups in total. The summed E-state index contributed by atoms with van der Waals surface area (Å²) in [6.45, 7) is 1.93. The fraction of sp³-hybridized carbons (Fsp3) is 0.120. The van der Waals surface area contributed by atoms with Gasteiger partial charge in [0, 0.05) is 0 Å². The first kappa shape index (κ1) is 21.3. The van der Waals surface area contributed by atoms with E-state index in [2.05, 4.69) is 16.4 Å². The highest BCUT2D eigenvalue weighted by atomic mass is 32.2. The smallest absolute Gasteiger partial charge is 0.266 e. The van der Waals surface area contributed by atoms with Gasteiger partial charge in [0.15, 0.2) is 5.16 Å². The lowest BCUT2D eigenvalue weighted by molar-refractivity contribution is -0.119. The van der Waals surface area contributed by atoms with Crippen LogP contribution in [-0.2, 0) is 4.79 Å². The van der Waals surface area contributed by atoms with Gasteiger partial charge in [-0.3, -0.25) is 14.2 Å². The fourth-order valence-electron chi connectivity index (χ4n) is 3.36. The van der Waals surface area contributed by atoms with E-state index in [0.29, 0.717) is 27.3 Å². The van der Waals surface area contributed by atoms with Crippen molar-refractivity contribution in [1.29, 1.82) is 5.26 Å². The number of fused-ring (bicyclic) bond motifs is 1. The van der Waals surface area contributed by atoms with Gasteiger partial charge >= 0.3 is 0 Å². The van der Waals surface area contributed by atoms with Crippen molar-refractivity contribution in [3.05, 3.63) is 100 Å². The molecule has 0 saturated carbocycles. The molecule has 0 radical (unpaired) electrons. The Morgan fingerprint density at radius 1 is 1.06 bits per heavy atom. The zero-order valence-corrected chi connectivity index (χ0v) is 18.2. The zero-order chi connectivity index (χ0) is 22.5. The molecule has 7 heteroatoms. The van der Waals surface area contributed by atoms with Crippen LogP contribution in [0.3, 0.4) is 0 Å². The van der Waals surface area contributed by atoms with Crippen molar-refractivity contribution in [3.8, 4) is 11.8 Å². The summed E-state index contributed by atoms with van der Waals surface area (Å²) in [4.78, 5) is 30.5. The first-order chi connectivity index (χ1) is 15.6. The van der Waals surface area contributed by atoms with E-state index < -0.39 is 0 Å². The molecule has 1 amide bonds. The van der Waals surface area contributed by atoms with Crippen LogP contribution in [0.25, 0.3) is 16.6 Å². The molecule has 0 saturated heterocycles. The van der Waals surface area contributed by atoms with Crippen LogP contribution in [0.5, 0.6) is 0 Å². The molecular formula is C25H20N4O2S. The highest BCUT2D eigenvalue weighted by molar-refractivity contribution is 7.99. The Morgan fingerprint density at radius 2 is 1.75 bits per heavy atom. The third-order valence-electron chi connectivity index (χ3n) is 5.01. The van der Waals surface area contributed by atoms with Crippen molar-refractivity contribution in [2.45, 2.75) is 18.1 Å². The van der Waals surface area contributed by atoms with Crippen LogP contribution in [-0.4, -0.2) is 21.2 Å². The van der Waals surface area contributed by atoms with Crippen LogP contribution in [0.15, 0.2) is 88.8 Å². The first-order valence-electron chi connectivity index (χ1n) is 10.1. The van der Waals surface area contributed by atoms with Gasteiger partial charge in [-0.15, -0.1) is 0 Å². The topological polar surface area (TPSA) is 87.8 Å². The predicted octanol–water partition coefficient (Wildman–Crippen LogP) is 4.23.